The Balaban J connectivity index is 1.30. The molecule has 184 valence electrons. The van der Waals surface area contributed by atoms with Gasteiger partial charge in [-0.05, 0) is 42.5 Å². The first kappa shape index (κ1) is 23.8. The third-order valence-electron chi connectivity index (χ3n) is 5.57. The summed E-state index contributed by atoms with van der Waals surface area (Å²) in [4.78, 5) is 36.0. The molecule has 2 amide bonds. The maximum absolute atomic E-state index is 13.1. The van der Waals surface area contributed by atoms with E-state index in [1.807, 2.05) is 24.3 Å². The Kier molecular flexibility index (Phi) is 6.43. The quantitative estimate of drug-likeness (QED) is 0.174. The predicted octanol–water partition coefficient (Wildman–Crippen LogP) is 5.31. The lowest BCUT2D eigenvalue weighted by Crippen LogP contribution is -2.18. The topological polar surface area (TPSA) is 119 Å². The molecule has 2 aromatic heterocycles. The molecule has 0 atom stereocenters. The Morgan fingerprint density at radius 3 is 2.65 bits per heavy atom. The van der Waals surface area contributed by atoms with Crippen LogP contribution in [-0.2, 0) is 11.3 Å². The van der Waals surface area contributed by atoms with E-state index >= 15 is 0 Å². The Morgan fingerprint density at radius 2 is 1.86 bits per heavy atom. The summed E-state index contributed by atoms with van der Waals surface area (Å²) in [6.07, 6.45) is 3.25. The number of nitrogens with one attached hydrogen (secondary N) is 2. The lowest BCUT2D eigenvalue weighted by molar-refractivity contribution is -0.384. The van der Waals surface area contributed by atoms with Crippen molar-refractivity contribution in [3.63, 3.8) is 0 Å². The number of carbonyl (C=O) groups excluding carboxylic acids is 2. The average Bonchev–Trinajstić information content (AvgIpc) is 3.47. The minimum absolute atomic E-state index is 0.0199. The lowest BCUT2D eigenvalue weighted by Gasteiger charge is -2.07. The lowest BCUT2D eigenvalue weighted by atomic mass is 10.2. The number of nitro groups is 1. The number of halogens is 1. The van der Waals surface area contributed by atoms with Gasteiger partial charge in [0.2, 0.25) is 5.91 Å². The fourth-order valence-electron chi connectivity index (χ4n) is 3.87. The minimum atomic E-state index is -0.482. The summed E-state index contributed by atoms with van der Waals surface area (Å²) >= 11 is 1.21. The molecule has 0 saturated heterocycles. The monoisotopic (exact) mass is 515 g/mol. The van der Waals surface area contributed by atoms with Crippen LogP contribution in [0.3, 0.4) is 0 Å². The van der Waals surface area contributed by atoms with E-state index in [9.17, 15) is 24.1 Å². The van der Waals surface area contributed by atoms with Gasteiger partial charge in [-0.3, -0.25) is 19.7 Å². The highest BCUT2D eigenvalue weighted by atomic mass is 32.1. The van der Waals surface area contributed by atoms with Crippen molar-refractivity contribution in [2.24, 2.45) is 5.10 Å². The third-order valence-corrected chi connectivity index (χ3v) is 6.68. The molecular formula is C26H18FN5O4S. The summed E-state index contributed by atoms with van der Waals surface area (Å²) in [5.41, 5.74) is 4.42. The van der Waals surface area contributed by atoms with Crippen molar-refractivity contribution in [1.82, 2.24) is 9.99 Å². The van der Waals surface area contributed by atoms with Crippen LogP contribution < -0.4 is 10.7 Å². The molecule has 2 N–H and O–H groups in total. The number of hydrogen-bond donors (Lipinski definition) is 2. The summed E-state index contributed by atoms with van der Waals surface area (Å²) in [6, 6.07) is 19.0. The molecule has 37 heavy (non-hydrogen) atoms. The molecule has 0 fully saturated rings. The van der Waals surface area contributed by atoms with Gasteiger partial charge in [0.15, 0.2) is 0 Å². The van der Waals surface area contributed by atoms with Crippen LogP contribution in [0.5, 0.6) is 0 Å². The number of aromatic nitrogens is 1. The molecule has 5 aromatic rings. The van der Waals surface area contributed by atoms with Gasteiger partial charge in [-0.15, -0.1) is 11.3 Å². The van der Waals surface area contributed by atoms with E-state index in [1.165, 1.54) is 53.9 Å². The molecule has 0 aliphatic rings. The summed E-state index contributed by atoms with van der Waals surface area (Å²) in [6.45, 7) is 0.0199. The molecule has 9 nitrogen and oxygen atoms in total. The normalized spacial score (nSPS) is 11.3. The highest BCUT2D eigenvalue weighted by Gasteiger charge is 2.14. The minimum Gasteiger partial charge on any atom is -0.337 e. The van der Waals surface area contributed by atoms with Gasteiger partial charge in [-0.2, -0.15) is 5.10 Å². The highest BCUT2D eigenvalue weighted by molar-refractivity contribution is 7.20. The largest absolute Gasteiger partial charge is 0.337 e. The maximum atomic E-state index is 13.1. The van der Waals surface area contributed by atoms with Crippen LogP contribution in [0, 0.1) is 15.9 Å². The van der Waals surface area contributed by atoms with Crippen molar-refractivity contribution < 1.29 is 18.9 Å². The Morgan fingerprint density at radius 1 is 1.08 bits per heavy atom. The zero-order valence-corrected chi connectivity index (χ0v) is 19.9. The number of hydrazone groups is 1. The Hall–Kier alpha value is -4.90. The van der Waals surface area contributed by atoms with E-state index in [1.54, 1.807) is 22.9 Å². The second-order valence-corrected chi connectivity index (χ2v) is 9.16. The average molecular weight is 516 g/mol. The SMILES string of the molecule is O=C(Cn1cc(/C=N\NC(=O)c2cc3cc([N+](=O)[O-])ccc3s2)c2ccccc21)Nc1ccc(F)cc1. The number of nitro benzene ring substituents is 1. The Labute approximate surface area is 213 Å². The molecule has 11 heteroatoms. The highest BCUT2D eigenvalue weighted by Crippen LogP contribution is 2.29. The standard InChI is InChI=1S/C26H18FN5O4S/c27-18-5-7-19(8-6-18)29-25(33)15-31-14-17(21-3-1-2-4-22(21)31)13-28-30-26(34)24-12-16-11-20(32(35)36)9-10-23(16)37-24/h1-14H,15H2,(H,29,33)(H,30,34)/b28-13-. The fraction of sp³-hybridized carbons (Fsp3) is 0.0385. The van der Waals surface area contributed by atoms with E-state index in [-0.39, 0.29) is 24.0 Å². The molecule has 0 radical (unpaired) electrons. The van der Waals surface area contributed by atoms with Gasteiger partial charge in [0.25, 0.3) is 11.6 Å². The van der Waals surface area contributed by atoms with E-state index in [0.717, 1.165) is 15.6 Å². The maximum Gasteiger partial charge on any atom is 0.281 e. The van der Waals surface area contributed by atoms with Crippen molar-refractivity contribution in [2.45, 2.75) is 6.54 Å². The van der Waals surface area contributed by atoms with Crippen LogP contribution in [0.1, 0.15) is 15.2 Å². The first-order chi connectivity index (χ1) is 17.9. The molecule has 0 bridgehead atoms. The number of thiophene rings is 1. The smallest absolute Gasteiger partial charge is 0.281 e. The van der Waals surface area contributed by atoms with Crippen LogP contribution in [0.2, 0.25) is 0 Å². The van der Waals surface area contributed by atoms with Gasteiger partial charge < -0.3 is 9.88 Å². The number of hydrogen-bond acceptors (Lipinski definition) is 6. The van der Waals surface area contributed by atoms with E-state index in [4.69, 9.17) is 0 Å². The fourth-order valence-corrected chi connectivity index (χ4v) is 4.80. The number of nitrogens with zero attached hydrogens (tertiary/aromatic N) is 3. The number of carbonyl (C=O) groups is 2. The second-order valence-electron chi connectivity index (χ2n) is 8.07. The molecule has 0 spiro atoms. The van der Waals surface area contributed by atoms with Crippen LogP contribution in [0.25, 0.3) is 21.0 Å². The van der Waals surface area contributed by atoms with Crippen molar-refractivity contribution in [2.75, 3.05) is 5.32 Å². The number of fused-ring (bicyclic) bond motifs is 2. The van der Waals surface area contributed by atoms with Gasteiger partial charge in [0.1, 0.15) is 12.4 Å². The summed E-state index contributed by atoms with van der Waals surface area (Å²) in [5.74, 6) is -1.11. The van der Waals surface area contributed by atoms with Crippen LogP contribution >= 0.6 is 11.3 Å². The molecule has 0 unspecified atom stereocenters. The molecular weight excluding hydrogens is 497 g/mol. The molecule has 5 rings (SSSR count). The van der Waals surface area contributed by atoms with Crippen molar-refractivity contribution in [3.05, 3.63) is 105 Å². The molecule has 3 aromatic carbocycles. The zero-order valence-electron chi connectivity index (χ0n) is 19.1. The van der Waals surface area contributed by atoms with Gasteiger partial charge in [-0.1, -0.05) is 18.2 Å². The van der Waals surface area contributed by atoms with Crippen molar-refractivity contribution in [3.8, 4) is 0 Å². The summed E-state index contributed by atoms with van der Waals surface area (Å²) < 4.78 is 15.6. The number of rotatable bonds is 7. The first-order valence-electron chi connectivity index (χ1n) is 11.0. The van der Waals surface area contributed by atoms with Gasteiger partial charge in [0, 0.05) is 50.6 Å². The number of amides is 2. The van der Waals surface area contributed by atoms with Crippen molar-refractivity contribution in [1.29, 1.82) is 0 Å². The first-order valence-corrected chi connectivity index (χ1v) is 11.8. The summed E-state index contributed by atoms with van der Waals surface area (Å²) in [7, 11) is 0. The molecule has 0 aliphatic heterocycles. The van der Waals surface area contributed by atoms with Crippen LogP contribution in [0.15, 0.2) is 84.1 Å². The summed E-state index contributed by atoms with van der Waals surface area (Å²) in [5, 5.41) is 19.2. The third kappa shape index (κ3) is 5.21. The van der Waals surface area contributed by atoms with Crippen LogP contribution in [-0.4, -0.2) is 27.5 Å². The number of anilines is 1. The number of benzene rings is 3. The van der Waals surface area contributed by atoms with Crippen LogP contribution in [0.4, 0.5) is 15.8 Å². The Bertz CT molecular complexity index is 1690. The predicted molar refractivity (Wildman–Crippen MR) is 141 cm³/mol. The van der Waals surface area contributed by atoms with Gasteiger partial charge in [-0.25, -0.2) is 9.82 Å². The van der Waals surface area contributed by atoms with Gasteiger partial charge in [0.05, 0.1) is 16.0 Å². The second kappa shape index (κ2) is 9.99. The number of para-hydroxylation sites is 1. The molecule has 2 heterocycles. The zero-order chi connectivity index (χ0) is 25.9. The van der Waals surface area contributed by atoms with Crippen molar-refractivity contribution >= 4 is 61.7 Å². The number of non-ortho nitro benzene ring substituents is 1. The van der Waals surface area contributed by atoms with E-state index in [0.29, 0.717) is 21.5 Å². The molecule has 0 saturated carbocycles. The van der Waals surface area contributed by atoms with E-state index < -0.39 is 10.8 Å². The van der Waals surface area contributed by atoms with Gasteiger partial charge >= 0.3 is 0 Å². The van der Waals surface area contributed by atoms with E-state index in [2.05, 4.69) is 15.8 Å². The molecule has 0 aliphatic carbocycles.